The van der Waals surface area contributed by atoms with Gasteiger partial charge in [-0.15, -0.1) is 0 Å². The van der Waals surface area contributed by atoms with Gasteiger partial charge in [0.2, 0.25) is 0 Å². The van der Waals surface area contributed by atoms with Crippen molar-refractivity contribution in [3.05, 3.63) is 30.3 Å². The minimum atomic E-state index is 0. The molecule has 0 fully saturated rings. The number of benzene rings is 1. The van der Waals surface area contributed by atoms with Crippen LogP contribution in [0.25, 0.3) is 0 Å². The molecule has 0 saturated carbocycles. The van der Waals surface area contributed by atoms with Crippen LogP contribution in [0.3, 0.4) is 0 Å². The molecule has 0 aliphatic heterocycles. The molecule has 2 heteroatoms. The summed E-state index contributed by atoms with van der Waals surface area (Å²) in [6.07, 6.45) is 12.7. The average molecular weight is 384 g/mol. The van der Waals surface area contributed by atoms with Crippen LogP contribution in [0.4, 0.5) is 5.69 Å². The van der Waals surface area contributed by atoms with E-state index < -0.39 is 0 Å². The number of quaternary nitrogens is 1. The highest BCUT2D eigenvalue weighted by Gasteiger charge is 2.25. The fraction of sp³-hybridized carbons (Fsp3) is 0.714. The molecule has 23 heavy (non-hydrogen) atoms. The molecule has 134 valence electrons. The Morgan fingerprint density at radius 3 is 1.61 bits per heavy atom. The van der Waals surface area contributed by atoms with Crippen molar-refractivity contribution in [2.45, 2.75) is 78.6 Å². The van der Waals surface area contributed by atoms with Gasteiger partial charge in [-0.3, -0.25) is 4.48 Å². The summed E-state index contributed by atoms with van der Waals surface area (Å²) in [5.41, 5.74) is 1.49. The van der Waals surface area contributed by atoms with Gasteiger partial charge in [-0.25, -0.2) is 0 Å². The Balaban J connectivity index is 0.00000484. The summed E-state index contributed by atoms with van der Waals surface area (Å²) in [5.74, 6) is 0. The van der Waals surface area contributed by atoms with Gasteiger partial charge < -0.3 is 17.0 Å². The molecular formula is C21H38BrN. The Hall–Kier alpha value is -0.340. The van der Waals surface area contributed by atoms with E-state index in [4.69, 9.17) is 0 Å². The summed E-state index contributed by atoms with van der Waals surface area (Å²) >= 11 is 0. The largest absolute Gasteiger partial charge is 1.00 e. The number of unbranched alkanes of at least 4 members (excludes halogenated alkanes) is 8. The van der Waals surface area contributed by atoms with Crippen molar-refractivity contribution in [3.63, 3.8) is 0 Å². The zero-order valence-corrected chi connectivity index (χ0v) is 17.3. The maximum atomic E-state index is 2.34. The highest BCUT2D eigenvalue weighted by Crippen LogP contribution is 2.23. The van der Waals surface area contributed by atoms with Gasteiger partial charge in [0.1, 0.15) is 5.69 Å². The lowest BCUT2D eigenvalue weighted by Gasteiger charge is -2.36. The summed E-state index contributed by atoms with van der Waals surface area (Å²) in [6, 6.07) is 11.1. The van der Waals surface area contributed by atoms with Crippen LogP contribution in [0, 0.1) is 0 Å². The fourth-order valence-corrected chi connectivity index (χ4v) is 3.50. The third-order valence-electron chi connectivity index (χ3n) is 5.20. The topological polar surface area (TPSA) is 0 Å². The lowest BCUT2D eigenvalue weighted by atomic mass is 10.1. The fourth-order valence-electron chi connectivity index (χ4n) is 3.50. The van der Waals surface area contributed by atoms with E-state index >= 15 is 0 Å². The number of rotatable bonds is 13. The standard InChI is InChI=1S/C21H38N.BrH/c1-4-7-8-9-10-11-12-13-17-20-22(5-2,6-3)21-18-15-14-16-19-21;/h14-16,18-19H,4-13,17,20H2,1-3H3;1H/q+1;/p-1. The lowest BCUT2D eigenvalue weighted by molar-refractivity contribution is -0.00000483. The molecule has 0 amide bonds. The predicted octanol–water partition coefficient (Wildman–Crippen LogP) is 3.57. The van der Waals surface area contributed by atoms with E-state index in [0.29, 0.717) is 0 Å². The molecule has 0 bridgehead atoms. The zero-order chi connectivity index (χ0) is 16.1. The SMILES string of the molecule is CCCCCCCCCCC[N+](CC)(CC)c1ccccc1.[Br-]. The lowest BCUT2D eigenvalue weighted by Crippen LogP contribution is -3.00. The van der Waals surface area contributed by atoms with Crippen LogP contribution >= 0.6 is 0 Å². The highest BCUT2D eigenvalue weighted by atomic mass is 79.9. The van der Waals surface area contributed by atoms with Gasteiger partial charge in [0, 0.05) is 0 Å². The van der Waals surface area contributed by atoms with E-state index in [1.807, 2.05) is 0 Å². The second-order valence-electron chi connectivity index (χ2n) is 6.67. The van der Waals surface area contributed by atoms with Crippen LogP contribution in [0.2, 0.25) is 0 Å². The monoisotopic (exact) mass is 383 g/mol. The van der Waals surface area contributed by atoms with Crippen LogP contribution in [-0.4, -0.2) is 19.6 Å². The van der Waals surface area contributed by atoms with Crippen molar-refractivity contribution in [1.29, 1.82) is 0 Å². The highest BCUT2D eigenvalue weighted by molar-refractivity contribution is 5.42. The molecule has 0 aliphatic rings. The predicted molar refractivity (Wildman–Crippen MR) is 101 cm³/mol. The number of nitrogens with zero attached hydrogens (tertiary/aromatic N) is 1. The summed E-state index contributed by atoms with van der Waals surface area (Å²) in [5, 5.41) is 0. The quantitative estimate of drug-likeness (QED) is 0.360. The van der Waals surface area contributed by atoms with E-state index in [9.17, 15) is 0 Å². The number of para-hydroxylation sites is 1. The van der Waals surface area contributed by atoms with E-state index in [2.05, 4.69) is 51.1 Å². The maximum Gasteiger partial charge on any atom is 0.132 e. The molecule has 0 atom stereocenters. The van der Waals surface area contributed by atoms with Gasteiger partial charge in [0.25, 0.3) is 0 Å². The maximum absolute atomic E-state index is 2.34. The van der Waals surface area contributed by atoms with E-state index in [1.165, 1.54) is 83.1 Å². The third kappa shape index (κ3) is 8.35. The molecule has 0 N–H and O–H groups in total. The van der Waals surface area contributed by atoms with Crippen LogP contribution in [0.5, 0.6) is 0 Å². The summed E-state index contributed by atoms with van der Waals surface area (Å²) in [4.78, 5) is 0. The molecule has 1 aromatic rings. The van der Waals surface area contributed by atoms with Gasteiger partial charge in [-0.2, -0.15) is 0 Å². The van der Waals surface area contributed by atoms with E-state index in [0.717, 1.165) is 4.48 Å². The third-order valence-corrected chi connectivity index (χ3v) is 5.20. The number of halogens is 1. The van der Waals surface area contributed by atoms with Gasteiger partial charge in [-0.1, -0.05) is 70.1 Å². The smallest absolute Gasteiger partial charge is 0.132 e. The molecule has 0 heterocycles. The number of hydrogen-bond donors (Lipinski definition) is 0. The molecule has 1 aromatic carbocycles. The van der Waals surface area contributed by atoms with E-state index in [1.54, 1.807) is 0 Å². The second-order valence-corrected chi connectivity index (χ2v) is 6.67. The van der Waals surface area contributed by atoms with Gasteiger partial charge in [-0.05, 0) is 38.8 Å². The van der Waals surface area contributed by atoms with Crippen molar-refractivity contribution in [2.24, 2.45) is 0 Å². The van der Waals surface area contributed by atoms with Crippen molar-refractivity contribution in [2.75, 3.05) is 19.6 Å². The first kappa shape index (κ1) is 22.7. The van der Waals surface area contributed by atoms with Crippen molar-refractivity contribution in [1.82, 2.24) is 4.48 Å². The Labute approximate surface area is 155 Å². The minimum Gasteiger partial charge on any atom is -1.00 e. The van der Waals surface area contributed by atoms with Gasteiger partial charge in [0.05, 0.1) is 19.6 Å². The van der Waals surface area contributed by atoms with Crippen molar-refractivity contribution < 1.29 is 17.0 Å². The van der Waals surface area contributed by atoms with Crippen molar-refractivity contribution in [3.8, 4) is 0 Å². The Bertz CT molecular complexity index is 359. The molecule has 0 saturated heterocycles. The molecule has 0 aliphatic carbocycles. The molecule has 1 nitrogen and oxygen atoms in total. The van der Waals surface area contributed by atoms with Gasteiger partial charge >= 0.3 is 0 Å². The van der Waals surface area contributed by atoms with Crippen LogP contribution in [-0.2, 0) is 0 Å². The van der Waals surface area contributed by atoms with Crippen LogP contribution < -0.4 is 21.5 Å². The van der Waals surface area contributed by atoms with Crippen LogP contribution in [0.1, 0.15) is 78.6 Å². The normalized spacial score (nSPS) is 11.3. The molecule has 0 spiro atoms. The molecule has 1 rings (SSSR count). The van der Waals surface area contributed by atoms with Crippen molar-refractivity contribution >= 4 is 5.69 Å². The first-order valence-corrected chi connectivity index (χ1v) is 9.70. The zero-order valence-electron chi connectivity index (χ0n) is 15.7. The Morgan fingerprint density at radius 1 is 0.652 bits per heavy atom. The molecule has 0 unspecified atom stereocenters. The number of hydrogen-bond acceptors (Lipinski definition) is 0. The molecule has 0 radical (unpaired) electrons. The van der Waals surface area contributed by atoms with E-state index in [-0.39, 0.29) is 17.0 Å². The molecule has 0 aromatic heterocycles. The Morgan fingerprint density at radius 2 is 1.13 bits per heavy atom. The summed E-state index contributed by atoms with van der Waals surface area (Å²) < 4.78 is 1.15. The second kappa shape index (κ2) is 14.0. The summed E-state index contributed by atoms with van der Waals surface area (Å²) in [7, 11) is 0. The van der Waals surface area contributed by atoms with Gasteiger partial charge in [0.15, 0.2) is 0 Å². The average Bonchev–Trinajstić information content (AvgIpc) is 2.58. The Kier molecular flexibility index (Phi) is 13.8. The minimum absolute atomic E-state index is 0. The molecular weight excluding hydrogens is 346 g/mol. The van der Waals surface area contributed by atoms with Crippen LogP contribution in [0.15, 0.2) is 30.3 Å². The first-order chi connectivity index (χ1) is 10.8. The first-order valence-electron chi connectivity index (χ1n) is 9.70. The summed E-state index contributed by atoms with van der Waals surface area (Å²) in [6.45, 7) is 10.7.